The van der Waals surface area contributed by atoms with Gasteiger partial charge in [-0.2, -0.15) is 8.78 Å². The van der Waals surface area contributed by atoms with E-state index in [2.05, 4.69) is 10.1 Å². The van der Waals surface area contributed by atoms with Gasteiger partial charge >= 0.3 is 12.6 Å². The normalized spacial score (nSPS) is 11.8. The lowest BCUT2D eigenvalue weighted by molar-refractivity contribution is -0.123. The Balaban J connectivity index is 1.99. The molecule has 0 saturated heterocycles. The van der Waals surface area contributed by atoms with Gasteiger partial charge in [-0.25, -0.2) is 4.79 Å². The molecule has 0 radical (unpaired) electrons. The molecule has 0 spiro atoms. The molecule has 0 aliphatic heterocycles. The summed E-state index contributed by atoms with van der Waals surface area (Å²) in [4.78, 5) is 24.6. The fourth-order valence-corrected chi connectivity index (χ4v) is 2.26. The second-order valence-electron chi connectivity index (χ2n) is 6.64. The second-order valence-corrected chi connectivity index (χ2v) is 6.64. The van der Waals surface area contributed by atoms with Crippen molar-refractivity contribution in [1.82, 2.24) is 0 Å². The SMILES string of the molecule is CC(C)COc1cccc(C(=O)OC(C)C(=O)Nc2ccccc2OC(F)F)c1. The van der Waals surface area contributed by atoms with Gasteiger partial charge < -0.3 is 19.5 Å². The fraction of sp³-hybridized carbons (Fsp3) is 0.333. The number of hydrogen-bond donors (Lipinski definition) is 1. The smallest absolute Gasteiger partial charge is 0.387 e. The summed E-state index contributed by atoms with van der Waals surface area (Å²) in [5.74, 6) is -0.741. The minimum absolute atomic E-state index is 0.0461. The number of esters is 1. The molecule has 1 atom stereocenters. The highest BCUT2D eigenvalue weighted by atomic mass is 19.3. The maximum atomic E-state index is 12.5. The lowest BCUT2D eigenvalue weighted by atomic mass is 10.2. The van der Waals surface area contributed by atoms with Crippen molar-refractivity contribution in [2.24, 2.45) is 5.92 Å². The summed E-state index contributed by atoms with van der Waals surface area (Å²) in [7, 11) is 0. The van der Waals surface area contributed by atoms with Crippen LogP contribution in [0.2, 0.25) is 0 Å². The highest BCUT2D eigenvalue weighted by Crippen LogP contribution is 2.25. The zero-order valence-electron chi connectivity index (χ0n) is 16.4. The predicted molar refractivity (Wildman–Crippen MR) is 103 cm³/mol. The van der Waals surface area contributed by atoms with Crippen LogP contribution in [0.25, 0.3) is 0 Å². The van der Waals surface area contributed by atoms with Gasteiger partial charge in [0.15, 0.2) is 6.10 Å². The number of alkyl halides is 2. The third-order valence-corrected chi connectivity index (χ3v) is 3.67. The van der Waals surface area contributed by atoms with E-state index in [4.69, 9.17) is 9.47 Å². The third-order valence-electron chi connectivity index (χ3n) is 3.67. The van der Waals surface area contributed by atoms with Crippen LogP contribution in [0, 0.1) is 5.92 Å². The first kappa shape index (κ1) is 22.1. The van der Waals surface area contributed by atoms with Crippen LogP contribution in [0.4, 0.5) is 14.5 Å². The molecule has 0 saturated carbocycles. The summed E-state index contributed by atoms with van der Waals surface area (Å²) in [6, 6.07) is 12.2. The maximum absolute atomic E-state index is 12.5. The molecule has 2 rings (SSSR count). The van der Waals surface area contributed by atoms with Crippen LogP contribution >= 0.6 is 0 Å². The van der Waals surface area contributed by atoms with Crippen molar-refractivity contribution in [3.05, 3.63) is 54.1 Å². The number of amides is 1. The Labute approximate surface area is 167 Å². The van der Waals surface area contributed by atoms with Crippen LogP contribution in [-0.2, 0) is 9.53 Å². The number of rotatable bonds is 9. The molecule has 8 heteroatoms. The number of hydrogen-bond acceptors (Lipinski definition) is 5. The molecule has 2 aromatic rings. The fourth-order valence-electron chi connectivity index (χ4n) is 2.26. The molecule has 0 aromatic heterocycles. The lowest BCUT2D eigenvalue weighted by Gasteiger charge is -2.16. The van der Waals surface area contributed by atoms with E-state index < -0.39 is 24.6 Å². The summed E-state index contributed by atoms with van der Waals surface area (Å²) in [5, 5.41) is 2.42. The van der Waals surface area contributed by atoms with Crippen molar-refractivity contribution in [3.63, 3.8) is 0 Å². The van der Waals surface area contributed by atoms with E-state index in [1.165, 1.54) is 31.2 Å². The topological polar surface area (TPSA) is 73.9 Å². The minimum atomic E-state index is -3.03. The standard InChI is InChI=1S/C21H23F2NO5/c1-13(2)12-27-16-8-6-7-15(11-16)20(26)28-14(3)19(25)24-17-9-4-5-10-18(17)29-21(22)23/h4-11,13-14,21H,12H2,1-3H3,(H,24,25). The number of carbonyl (C=O) groups is 2. The van der Waals surface area contributed by atoms with Gasteiger partial charge in [-0.1, -0.05) is 32.0 Å². The molecular formula is C21H23F2NO5. The van der Waals surface area contributed by atoms with E-state index >= 15 is 0 Å². The first-order valence-corrected chi connectivity index (χ1v) is 9.04. The number of benzene rings is 2. The number of para-hydroxylation sites is 2. The van der Waals surface area contributed by atoms with Gasteiger partial charge in [0.05, 0.1) is 17.9 Å². The van der Waals surface area contributed by atoms with Crippen molar-refractivity contribution in [2.45, 2.75) is 33.5 Å². The molecule has 2 aromatic carbocycles. The second kappa shape index (κ2) is 10.4. The molecule has 29 heavy (non-hydrogen) atoms. The van der Waals surface area contributed by atoms with Crippen LogP contribution < -0.4 is 14.8 Å². The third kappa shape index (κ3) is 7.06. The molecular weight excluding hydrogens is 384 g/mol. The summed E-state index contributed by atoms with van der Waals surface area (Å²) in [6.07, 6.45) is -1.16. The van der Waals surface area contributed by atoms with Gasteiger partial charge in [0.25, 0.3) is 5.91 Å². The molecule has 0 aliphatic rings. The van der Waals surface area contributed by atoms with E-state index in [1.54, 1.807) is 24.3 Å². The molecule has 0 aliphatic carbocycles. The monoisotopic (exact) mass is 407 g/mol. The highest BCUT2D eigenvalue weighted by Gasteiger charge is 2.21. The lowest BCUT2D eigenvalue weighted by Crippen LogP contribution is -2.30. The minimum Gasteiger partial charge on any atom is -0.493 e. The zero-order chi connectivity index (χ0) is 21.4. The van der Waals surface area contributed by atoms with E-state index in [0.29, 0.717) is 18.3 Å². The van der Waals surface area contributed by atoms with Crippen molar-refractivity contribution in [2.75, 3.05) is 11.9 Å². The Morgan fingerprint density at radius 2 is 1.76 bits per heavy atom. The molecule has 1 N–H and O–H groups in total. The van der Waals surface area contributed by atoms with Gasteiger partial charge in [0.2, 0.25) is 0 Å². The largest absolute Gasteiger partial charge is 0.493 e. The Morgan fingerprint density at radius 1 is 1.03 bits per heavy atom. The van der Waals surface area contributed by atoms with Crippen molar-refractivity contribution >= 4 is 17.6 Å². The summed E-state index contributed by atoms with van der Waals surface area (Å²) in [5.41, 5.74) is 0.275. The number of ether oxygens (including phenoxy) is 3. The molecule has 1 unspecified atom stereocenters. The summed E-state index contributed by atoms with van der Waals surface area (Å²) >= 11 is 0. The van der Waals surface area contributed by atoms with Gasteiger partial charge in [0, 0.05) is 0 Å². The van der Waals surface area contributed by atoms with Crippen LogP contribution in [0.5, 0.6) is 11.5 Å². The van der Waals surface area contributed by atoms with Crippen LogP contribution in [-0.4, -0.2) is 31.2 Å². The van der Waals surface area contributed by atoms with Crippen molar-refractivity contribution in [1.29, 1.82) is 0 Å². The number of anilines is 1. The van der Waals surface area contributed by atoms with E-state index in [9.17, 15) is 18.4 Å². The van der Waals surface area contributed by atoms with Crippen molar-refractivity contribution < 1.29 is 32.6 Å². The Morgan fingerprint density at radius 3 is 2.45 bits per heavy atom. The Hall–Kier alpha value is -3.16. The zero-order valence-corrected chi connectivity index (χ0v) is 16.4. The number of nitrogens with one attached hydrogen (secondary N) is 1. The van der Waals surface area contributed by atoms with Gasteiger partial charge in [-0.05, 0) is 43.2 Å². The molecule has 1 amide bonds. The van der Waals surface area contributed by atoms with Crippen molar-refractivity contribution in [3.8, 4) is 11.5 Å². The summed E-state index contributed by atoms with van der Waals surface area (Å²) in [6.45, 7) is 2.85. The van der Waals surface area contributed by atoms with E-state index in [-0.39, 0.29) is 17.0 Å². The predicted octanol–water partition coefficient (Wildman–Crippen LogP) is 4.51. The first-order chi connectivity index (χ1) is 13.8. The average molecular weight is 407 g/mol. The Kier molecular flexibility index (Phi) is 7.94. The Bertz CT molecular complexity index is 841. The quantitative estimate of drug-likeness (QED) is 0.620. The molecule has 156 valence electrons. The summed E-state index contributed by atoms with van der Waals surface area (Å²) < 4.78 is 40.1. The van der Waals surface area contributed by atoms with Crippen LogP contribution in [0.1, 0.15) is 31.1 Å². The highest BCUT2D eigenvalue weighted by molar-refractivity contribution is 5.98. The van der Waals surface area contributed by atoms with Crippen LogP contribution in [0.15, 0.2) is 48.5 Å². The molecule has 0 bridgehead atoms. The first-order valence-electron chi connectivity index (χ1n) is 9.04. The number of carbonyl (C=O) groups excluding carboxylic acids is 2. The number of halogens is 2. The molecule has 0 heterocycles. The van der Waals surface area contributed by atoms with E-state index in [1.807, 2.05) is 13.8 Å². The average Bonchev–Trinajstić information content (AvgIpc) is 2.67. The molecule has 0 fully saturated rings. The molecule has 6 nitrogen and oxygen atoms in total. The maximum Gasteiger partial charge on any atom is 0.387 e. The van der Waals surface area contributed by atoms with Gasteiger partial charge in [-0.3, -0.25) is 4.79 Å². The van der Waals surface area contributed by atoms with Gasteiger partial charge in [-0.15, -0.1) is 0 Å². The van der Waals surface area contributed by atoms with Gasteiger partial charge in [0.1, 0.15) is 11.5 Å². The van der Waals surface area contributed by atoms with Crippen LogP contribution in [0.3, 0.4) is 0 Å². The van der Waals surface area contributed by atoms with E-state index in [0.717, 1.165) is 0 Å².